The second-order valence-electron chi connectivity index (χ2n) is 4.85. The zero-order chi connectivity index (χ0) is 10.3. The second kappa shape index (κ2) is 2.88. The summed E-state index contributed by atoms with van der Waals surface area (Å²) in [6.07, 6.45) is 1.89. The van der Waals surface area contributed by atoms with E-state index in [-0.39, 0.29) is 5.41 Å². The molecule has 0 unspecified atom stereocenters. The molecule has 0 saturated carbocycles. The van der Waals surface area contributed by atoms with Gasteiger partial charge in [0.25, 0.3) is 0 Å². The minimum atomic E-state index is 0.150. The molecular formula is C13H16O. The second-order valence-corrected chi connectivity index (χ2v) is 4.85. The fourth-order valence-corrected chi connectivity index (χ4v) is 1.82. The molecule has 1 aromatic carbocycles. The van der Waals surface area contributed by atoms with Crippen LogP contribution in [0.3, 0.4) is 0 Å². The molecular weight excluding hydrogens is 172 g/mol. The highest BCUT2D eigenvalue weighted by Crippen LogP contribution is 2.33. The van der Waals surface area contributed by atoms with E-state index in [0.717, 1.165) is 5.58 Å². The molecule has 0 radical (unpaired) electrons. The van der Waals surface area contributed by atoms with E-state index in [0.29, 0.717) is 0 Å². The molecule has 0 atom stereocenters. The molecule has 0 N–H and O–H groups in total. The van der Waals surface area contributed by atoms with Crippen molar-refractivity contribution in [2.24, 2.45) is 0 Å². The van der Waals surface area contributed by atoms with Crippen molar-refractivity contribution in [2.45, 2.75) is 33.1 Å². The lowest BCUT2D eigenvalue weighted by Crippen LogP contribution is -2.10. The lowest BCUT2D eigenvalue weighted by molar-refractivity contribution is 0.557. The van der Waals surface area contributed by atoms with E-state index in [1.807, 2.05) is 18.4 Å². The molecule has 1 heterocycles. The van der Waals surface area contributed by atoms with E-state index in [4.69, 9.17) is 4.42 Å². The number of fused-ring (bicyclic) bond motifs is 1. The largest absolute Gasteiger partial charge is 0.464 e. The van der Waals surface area contributed by atoms with Crippen LogP contribution in [0.25, 0.3) is 11.0 Å². The Hall–Kier alpha value is -1.24. The first kappa shape index (κ1) is 9.32. The van der Waals surface area contributed by atoms with Crippen LogP contribution in [0.5, 0.6) is 0 Å². The van der Waals surface area contributed by atoms with Crippen molar-refractivity contribution < 1.29 is 4.42 Å². The number of aryl methyl sites for hydroxylation is 1. The molecule has 0 aliphatic rings. The molecule has 2 rings (SSSR count). The maximum Gasteiger partial charge on any atom is 0.134 e. The molecule has 0 spiro atoms. The van der Waals surface area contributed by atoms with E-state index < -0.39 is 0 Å². The summed E-state index contributed by atoms with van der Waals surface area (Å²) in [6.45, 7) is 8.77. The van der Waals surface area contributed by atoms with Crippen molar-refractivity contribution >= 4 is 11.0 Å². The van der Waals surface area contributed by atoms with Crippen molar-refractivity contribution in [3.05, 3.63) is 35.6 Å². The van der Waals surface area contributed by atoms with E-state index >= 15 is 0 Å². The van der Waals surface area contributed by atoms with Gasteiger partial charge < -0.3 is 4.42 Å². The monoisotopic (exact) mass is 188 g/mol. The number of benzene rings is 1. The van der Waals surface area contributed by atoms with E-state index in [1.165, 1.54) is 16.5 Å². The molecule has 0 aliphatic carbocycles. The molecule has 1 heteroatoms. The zero-order valence-electron chi connectivity index (χ0n) is 9.22. The van der Waals surface area contributed by atoms with Gasteiger partial charge in [0.05, 0.1) is 6.26 Å². The summed E-state index contributed by atoms with van der Waals surface area (Å²) in [5, 5.41) is 1.28. The van der Waals surface area contributed by atoms with E-state index in [9.17, 15) is 0 Å². The molecule has 1 aromatic heterocycles. The van der Waals surface area contributed by atoms with Gasteiger partial charge in [-0.3, -0.25) is 0 Å². The first-order valence-electron chi connectivity index (χ1n) is 4.97. The molecule has 1 nitrogen and oxygen atoms in total. The maximum atomic E-state index is 5.56. The molecule has 0 amide bonds. The molecule has 2 aromatic rings. The van der Waals surface area contributed by atoms with Crippen molar-refractivity contribution in [3.63, 3.8) is 0 Å². The van der Waals surface area contributed by atoms with E-state index in [1.54, 1.807) is 0 Å². The smallest absolute Gasteiger partial charge is 0.134 e. The summed E-state index contributed by atoms with van der Waals surface area (Å²) in [7, 11) is 0. The van der Waals surface area contributed by atoms with Crippen LogP contribution < -0.4 is 0 Å². The predicted molar refractivity (Wildman–Crippen MR) is 59.7 cm³/mol. The summed E-state index contributed by atoms with van der Waals surface area (Å²) < 4.78 is 5.56. The highest BCUT2D eigenvalue weighted by molar-refractivity contribution is 5.85. The van der Waals surface area contributed by atoms with Gasteiger partial charge in [-0.25, -0.2) is 0 Å². The highest BCUT2D eigenvalue weighted by atomic mass is 16.3. The number of hydrogen-bond donors (Lipinski definition) is 0. The van der Waals surface area contributed by atoms with Crippen LogP contribution in [0.2, 0.25) is 0 Å². The Morgan fingerprint density at radius 3 is 2.50 bits per heavy atom. The molecule has 0 aliphatic heterocycles. The summed E-state index contributed by atoms with van der Waals surface area (Å²) >= 11 is 0. The van der Waals surface area contributed by atoms with Gasteiger partial charge in [-0.05, 0) is 24.0 Å². The average molecular weight is 188 g/mol. The van der Waals surface area contributed by atoms with Gasteiger partial charge >= 0.3 is 0 Å². The third-order valence-corrected chi connectivity index (χ3v) is 2.62. The minimum absolute atomic E-state index is 0.150. The Balaban J connectivity index is 2.80. The van der Waals surface area contributed by atoms with Crippen LogP contribution in [0.15, 0.2) is 28.9 Å². The van der Waals surface area contributed by atoms with Crippen LogP contribution in [0, 0.1) is 6.92 Å². The fraction of sp³-hybridized carbons (Fsp3) is 0.385. The lowest BCUT2D eigenvalue weighted by Gasteiger charge is -2.17. The third kappa shape index (κ3) is 1.33. The number of rotatable bonds is 0. The Morgan fingerprint density at radius 1 is 1.14 bits per heavy atom. The van der Waals surface area contributed by atoms with Crippen LogP contribution in [-0.4, -0.2) is 0 Å². The van der Waals surface area contributed by atoms with Crippen molar-refractivity contribution in [2.75, 3.05) is 0 Å². The summed E-state index contributed by atoms with van der Waals surface area (Å²) in [6, 6.07) is 6.19. The average Bonchev–Trinajstić information content (AvgIpc) is 2.47. The van der Waals surface area contributed by atoms with Gasteiger partial charge in [-0.2, -0.15) is 0 Å². The Bertz CT molecular complexity index is 458. The van der Waals surface area contributed by atoms with Crippen LogP contribution in [0.4, 0.5) is 0 Å². The van der Waals surface area contributed by atoms with Gasteiger partial charge in [0, 0.05) is 10.9 Å². The van der Waals surface area contributed by atoms with Crippen molar-refractivity contribution in [3.8, 4) is 0 Å². The van der Waals surface area contributed by atoms with Gasteiger partial charge in [0.15, 0.2) is 0 Å². The summed E-state index contributed by atoms with van der Waals surface area (Å²) in [4.78, 5) is 0. The number of furan rings is 1. The predicted octanol–water partition coefficient (Wildman–Crippen LogP) is 4.04. The standard InChI is InChI=1S/C13H16O/c1-9-6-5-7-11-12(9)10(8-14-11)13(2,3)4/h5-8H,1-4H3. The SMILES string of the molecule is Cc1cccc2occ(C(C)(C)C)c12. The first-order chi connectivity index (χ1) is 6.50. The Kier molecular flexibility index (Phi) is 1.91. The Morgan fingerprint density at radius 2 is 1.86 bits per heavy atom. The third-order valence-electron chi connectivity index (χ3n) is 2.62. The van der Waals surface area contributed by atoms with Crippen LogP contribution in [0.1, 0.15) is 31.9 Å². The zero-order valence-corrected chi connectivity index (χ0v) is 9.22. The van der Waals surface area contributed by atoms with Crippen LogP contribution in [-0.2, 0) is 5.41 Å². The highest BCUT2D eigenvalue weighted by Gasteiger charge is 2.20. The van der Waals surface area contributed by atoms with Gasteiger partial charge in [0.1, 0.15) is 5.58 Å². The van der Waals surface area contributed by atoms with Gasteiger partial charge in [-0.15, -0.1) is 0 Å². The van der Waals surface area contributed by atoms with Crippen LogP contribution >= 0.6 is 0 Å². The molecule has 0 bridgehead atoms. The topological polar surface area (TPSA) is 13.1 Å². The van der Waals surface area contributed by atoms with Crippen molar-refractivity contribution in [1.29, 1.82) is 0 Å². The normalized spacial score (nSPS) is 12.3. The van der Waals surface area contributed by atoms with Gasteiger partial charge in [0.2, 0.25) is 0 Å². The number of hydrogen-bond acceptors (Lipinski definition) is 1. The fourth-order valence-electron chi connectivity index (χ4n) is 1.82. The molecule has 0 fully saturated rings. The molecule has 0 saturated heterocycles. The first-order valence-corrected chi connectivity index (χ1v) is 4.97. The van der Waals surface area contributed by atoms with Gasteiger partial charge in [-0.1, -0.05) is 32.9 Å². The quantitative estimate of drug-likeness (QED) is 0.608. The summed E-state index contributed by atoms with van der Waals surface area (Å²) in [5.74, 6) is 0. The summed E-state index contributed by atoms with van der Waals surface area (Å²) in [5.41, 5.74) is 3.74. The molecule has 14 heavy (non-hydrogen) atoms. The Labute approximate surface area is 84.7 Å². The lowest BCUT2D eigenvalue weighted by atomic mass is 9.86. The minimum Gasteiger partial charge on any atom is -0.464 e. The van der Waals surface area contributed by atoms with E-state index in [2.05, 4.69) is 33.8 Å². The molecule has 74 valence electrons. The maximum absolute atomic E-state index is 5.56. The van der Waals surface area contributed by atoms with Crippen molar-refractivity contribution in [1.82, 2.24) is 0 Å².